The molecule has 2 aliphatic heterocycles. The Morgan fingerprint density at radius 2 is 1.47 bits per heavy atom. The van der Waals surface area contributed by atoms with Gasteiger partial charge in [-0.15, -0.1) is 0 Å². The fourth-order valence-electron chi connectivity index (χ4n) is 4.18. The lowest BCUT2D eigenvalue weighted by atomic mass is 10.2. The van der Waals surface area contributed by atoms with E-state index in [1.165, 1.54) is 23.2 Å². The van der Waals surface area contributed by atoms with Crippen LogP contribution in [-0.4, -0.2) is 54.6 Å². The molecule has 9 nitrogen and oxygen atoms in total. The van der Waals surface area contributed by atoms with E-state index in [9.17, 15) is 18.8 Å². The number of rotatable bonds is 5. The molecule has 0 saturated carbocycles. The molecule has 38 heavy (non-hydrogen) atoms. The van der Waals surface area contributed by atoms with Gasteiger partial charge in [-0.05, 0) is 48.5 Å². The van der Waals surface area contributed by atoms with Crippen molar-refractivity contribution >= 4 is 34.9 Å². The summed E-state index contributed by atoms with van der Waals surface area (Å²) in [6.45, 7) is 1.72. The molecule has 0 spiro atoms. The number of hydrogen-bond donors (Lipinski definition) is 1. The van der Waals surface area contributed by atoms with E-state index in [1.54, 1.807) is 71.6 Å². The second-order valence-corrected chi connectivity index (χ2v) is 8.61. The monoisotopic (exact) mass is 513 g/mol. The highest BCUT2D eigenvalue weighted by Gasteiger charge is 2.32. The van der Waals surface area contributed by atoms with E-state index in [0.717, 1.165) is 5.69 Å². The first-order valence-electron chi connectivity index (χ1n) is 12.0. The lowest BCUT2D eigenvalue weighted by Gasteiger charge is -2.36. The van der Waals surface area contributed by atoms with Gasteiger partial charge in [-0.25, -0.2) is 19.2 Å². The Morgan fingerprint density at radius 1 is 0.842 bits per heavy atom. The van der Waals surface area contributed by atoms with E-state index in [0.29, 0.717) is 37.4 Å². The molecule has 2 fully saturated rings. The second-order valence-electron chi connectivity index (χ2n) is 8.61. The maximum atomic E-state index is 13.6. The molecule has 192 valence electrons. The Labute approximate surface area is 218 Å². The summed E-state index contributed by atoms with van der Waals surface area (Å²) in [4.78, 5) is 51.9. The Bertz CT molecular complexity index is 1390. The molecular formula is C28H24FN5O4. The summed E-state index contributed by atoms with van der Waals surface area (Å²) < 4.78 is 13.3. The summed E-state index contributed by atoms with van der Waals surface area (Å²) in [7, 11) is 0. The SMILES string of the molecule is O=C1ONN(c2ccccc2)/C1=C/C(=NC(=O)c1ccccc1)C(=O)N1CCN(c2ccc(F)cc2)CC1. The Morgan fingerprint density at radius 3 is 2.13 bits per heavy atom. The molecule has 2 heterocycles. The number of hydrazine groups is 1. The number of aliphatic imine (C=N–C) groups is 1. The van der Waals surface area contributed by atoms with E-state index >= 15 is 0 Å². The fourth-order valence-corrected chi connectivity index (χ4v) is 4.18. The minimum Gasteiger partial charge on any atom is -0.368 e. The number of benzene rings is 3. The van der Waals surface area contributed by atoms with Crippen LogP contribution in [-0.2, 0) is 14.4 Å². The van der Waals surface area contributed by atoms with Crippen molar-refractivity contribution in [1.29, 1.82) is 0 Å². The standard InChI is InChI=1S/C28H24FN5O4/c29-21-11-13-22(14-12-21)32-15-17-33(18-16-32)27(36)24(30-26(35)20-7-3-1-4-8-20)19-25-28(37)38-31-34(25)23-9-5-2-6-10-23/h1-14,19,31H,15-18H2/b25-19+,30-24?. The van der Waals surface area contributed by atoms with Gasteiger partial charge in [0.25, 0.3) is 11.8 Å². The van der Waals surface area contributed by atoms with Crippen molar-refractivity contribution in [3.8, 4) is 0 Å². The highest BCUT2D eigenvalue weighted by Crippen LogP contribution is 2.22. The third kappa shape index (κ3) is 5.45. The van der Waals surface area contributed by atoms with Crippen molar-refractivity contribution in [2.24, 2.45) is 4.99 Å². The van der Waals surface area contributed by atoms with Crippen molar-refractivity contribution in [2.45, 2.75) is 0 Å². The highest BCUT2D eigenvalue weighted by molar-refractivity contribution is 6.45. The average molecular weight is 514 g/mol. The Hall–Kier alpha value is -4.83. The predicted molar refractivity (Wildman–Crippen MR) is 140 cm³/mol. The van der Waals surface area contributed by atoms with E-state index in [1.807, 2.05) is 11.0 Å². The summed E-state index contributed by atoms with van der Waals surface area (Å²) in [6, 6.07) is 23.5. The van der Waals surface area contributed by atoms with Gasteiger partial charge in [-0.2, -0.15) is 0 Å². The summed E-state index contributed by atoms with van der Waals surface area (Å²) in [6.07, 6.45) is 1.27. The van der Waals surface area contributed by atoms with Crippen molar-refractivity contribution in [3.05, 3.63) is 108 Å². The number of anilines is 2. The van der Waals surface area contributed by atoms with Crippen LogP contribution in [0, 0.1) is 5.82 Å². The number of carbonyl (C=O) groups excluding carboxylic acids is 3. The Kier molecular flexibility index (Phi) is 7.23. The first-order chi connectivity index (χ1) is 18.5. The topological polar surface area (TPSA) is 94.5 Å². The number of piperazine rings is 1. The highest BCUT2D eigenvalue weighted by atomic mass is 19.1. The van der Waals surface area contributed by atoms with E-state index in [-0.39, 0.29) is 17.2 Å². The van der Waals surface area contributed by atoms with E-state index < -0.39 is 17.8 Å². The lowest BCUT2D eigenvalue weighted by Crippen LogP contribution is -2.50. The average Bonchev–Trinajstić information content (AvgIpc) is 3.33. The van der Waals surface area contributed by atoms with Gasteiger partial charge >= 0.3 is 5.97 Å². The second kappa shape index (κ2) is 11.1. The van der Waals surface area contributed by atoms with Crippen LogP contribution in [0.15, 0.2) is 102 Å². The summed E-state index contributed by atoms with van der Waals surface area (Å²) in [5.41, 5.74) is 4.11. The smallest absolute Gasteiger partial charge is 0.368 e. The first kappa shape index (κ1) is 24.8. The number of carbonyl (C=O) groups is 3. The number of nitrogens with zero attached hydrogens (tertiary/aromatic N) is 4. The van der Waals surface area contributed by atoms with Crippen molar-refractivity contribution in [3.63, 3.8) is 0 Å². The quantitative estimate of drug-likeness (QED) is 0.414. The molecule has 3 aromatic carbocycles. The molecule has 0 aromatic heterocycles. The minimum atomic E-state index is -0.720. The Balaban J connectivity index is 1.43. The molecule has 0 aliphatic carbocycles. The van der Waals surface area contributed by atoms with Crippen LogP contribution in [0.2, 0.25) is 0 Å². The number of halogens is 1. The van der Waals surface area contributed by atoms with Crippen LogP contribution in [0.3, 0.4) is 0 Å². The van der Waals surface area contributed by atoms with Gasteiger partial charge in [0.2, 0.25) is 0 Å². The van der Waals surface area contributed by atoms with Gasteiger partial charge in [-0.3, -0.25) is 9.59 Å². The first-order valence-corrected chi connectivity index (χ1v) is 12.0. The van der Waals surface area contributed by atoms with E-state index in [2.05, 4.69) is 10.6 Å². The molecule has 10 heteroatoms. The third-order valence-corrected chi connectivity index (χ3v) is 6.19. The molecule has 0 atom stereocenters. The van der Waals surface area contributed by atoms with Crippen LogP contribution >= 0.6 is 0 Å². The number of hydrogen-bond acceptors (Lipinski definition) is 7. The van der Waals surface area contributed by atoms with Crippen LogP contribution in [0.25, 0.3) is 0 Å². The molecule has 0 bridgehead atoms. The number of amides is 2. The minimum absolute atomic E-state index is 0.00844. The molecule has 2 saturated heterocycles. The predicted octanol–water partition coefficient (Wildman–Crippen LogP) is 3.12. The number of nitrogens with one attached hydrogen (secondary N) is 1. The zero-order valence-electron chi connectivity index (χ0n) is 20.3. The van der Waals surface area contributed by atoms with Crippen molar-refractivity contribution in [2.75, 3.05) is 36.1 Å². The van der Waals surface area contributed by atoms with Crippen LogP contribution in [0.1, 0.15) is 10.4 Å². The maximum absolute atomic E-state index is 13.6. The number of para-hydroxylation sites is 1. The lowest BCUT2D eigenvalue weighted by molar-refractivity contribution is -0.140. The van der Waals surface area contributed by atoms with Gasteiger partial charge in [0.05, 0.1) is 5.69 Å². The maximum Gasteiger partial charge on any atom is 0.376 e. The normalized spacial score (nSPS) is 17.1. The van der Waals surface area contributed by atoms with Gasteiger partial charge in [0, 0.05) is 43.5 Å². The molecule has 1 N–H and O–H groups in total. The zero-order chi connectivity index (χ0) is 26.5. The van der Waals surface area contributed by atoms with Crippen molar-refractivity contribution in [1.82, 2.24) is 10.5 Å². The van der Waals surface area contributed by atoms with Crippen LogP contribution < -0.4 is 15.5 Å². The van der Waals surface area contributed by atoms with Gasteiger partial charge in [0.15, 0.2) is 5.70 Å². The fraction of sp³-hybridized carbons (Fsp3) is 0.143. The van der Waals surface area contributed by atoms with Gasteiger partial charge in [-0.1, -0.05) is 42.0 Å². The van der Waals surface area contributed by atoms with Gasteiger partial charge < -0.3 is 14.6 Å². The largest absolute Gasteiger partial charge is 0.376 e. The summed E-state index contributed by atoms with van der Waals surface area (Å²) in [5.74, 6) is -2.14. The zero-order valence-corrected chi connectivity index (χ0v) is 20.3. The van der Waals surface area contributed by atoms with Crippen LogP contribution in [0.5, 0.6) is 0 Å². The van der Waals surface area contributed by atoms with E-state index in [4.69, 9.17) is 4.84 Å². The molecule has 2 amide bonds. The molecule has 0 unspecified atom stereocenters. The third-order valence-electron chi connectivity index (χ3n) is 6.19. The molecule has 0 radical (unpaired) electrons. The molecule has 2 aliphatic rings. The summed E-state index contributed by atoms with van der Waals surface area (Å²) >= 11 is 0. The molecular weight excluding hydrogens is 489 g/mol. The van der Waals surface area contributed by atoms with Crippen LogP contribution in [0.4, 0.5) is 15.8 Å². The van der Waals surface area contributed by atoms with Gasteiger partial charge in [0.1, 0.15) is 11.5 Å². The molecule has 5 rings (SSSR count). The van der Waals surface area contributed by atoms with Crippen molar-refractivity contribution < 1.29 is 23.6 Å². The molecule has 3 aromatic rings. The summed E-state index contributed by atoms with van der Waals surface area (Å²) in [5, 5.41) is 1.38.